The Bertz CT molecular complexity index is 4490. The number of likely N-dealkylation sites (N-methyl/N-ethyl adjacent to an activating group) is 1. The van der Waals surface area contributed by atoms with Gasteiger partial charge in [0.05, 0.1) is 39.7 Å². The van der Waals surface area contributed by atoms with Crippen LogP contribution in [0.5, 0.6) is 0 Å². The topological polar surface area (TPSA) is 276 Å². The van der Waals surface area contributed by atoms with Gasteiger partial charge in [-0.2, -0.15) is 15.0 Å². The molecule has 3 saturated heterocycles. The number of piperazine rings is 2. The molecule has 31 heteroatoms. The summed E-state index contributed by atoms with van der Waals surface area (Å²) in [7, 11) is 3.89. The SMILES string of the molecule is C=CC(=O)N1CCN(c2ccc(Nc3ncc4c(n3)N(CC)c3sc(C)nc3C(=O)N4C)c(C)c2)CC1.CCN1C(=O)c2nc(C)sc2N(CC)c2nc(Nc3ccc(N4CCC(O)CC4)cc3)ncc21.CCN1C(=O)c2nc(C)sc2N(CC)c2nc(Nc3ccc(N4CCN(C)CC4)cc3)ncc21. The molecule has 105 heavy (non-hydrogen) atoms. The molecule has 0 unspecified atom stereocenters. The van der Waals surface area contributed by atoms with Crippen LogP contribution in [0.15, 0.2) is 98.0 Å². The highest BCUT2D eigenvalue weighted by molar-refractivity contribution is 7.17. The summed E-state index contributed by atoms with van der Waals surface area (Å²) in [6.45, 7) is 33.3. The smallest absolute Gasteiger partial charge is 0.280 e. The van der Waals surface area contributed by atoms with Crippen LogP contribution in [0.2, 0.25) is 0 Å². The van der Waals surface area contributed by atoms with Crippen LogP contribution in [0.25, 0.3) is 0 Å². The van der Waals surface area contributed by atoms with Gasteiger partial charge in [0.15, 0.2) is 34.5 Å². The fraction of sp³-hybridized carbons (Fsp3) is 0.392. The second-order valence-corrected chi connectivity index (χ2v) is 29.6. The number of aromatic nitrogens is 9. The number of hydrogen-bond acceptors (Lipinski definition) is 27. The van der Waals surface area contributed by atoms with Gasteiger partial charge < -0.3 is 75.0 Å². The van der Waals surface area contributed by atoms with E-state index in [4.69, 9.17) is 15.0 Å². The third-order valence-electron chi connectivity index (χ3n) is 19.4. The summed E-state index contributed by atoms with van der Waals surface area (Å²) in [4.78, 5) is 115. The van der Waals surface area contributed by atoms with Gasteiger partial charge in [-0.05, 0) is 161 Å². The molecule has 548 valence electrons. The monoisotopic (exact) mass is 1480 g/mol. The fourth-order valence-electron chi connectivity index (χ4n) is 13.6. The summed E-state index contributed by atoms with van der Waals surface area (Å²) in [6.07, 6.45) is 7.92. The lowest BCUT2D eigenvalue weighted by molar-refractivity contribution is -0.126. The van der Waals surface area contributed by atoms with Crippen LogP contribution in [-0.2, 0) is 4.79 Å². The number of fused-ring (bicyclic) bond motifs is 6. The van der Waals surface area contributed by atoms with E-state index in [1.54, 1.807) is 40.3 Å². The molecule has 0 radical (unpaired) electrons. The summed E-state index contributed by atoms with van der Waals surface area (Å²) in [5, 5.41) is 24.8. The van der Waals surface area contributed by atoms with E-state index in [2.05, 4.69) is 139 Å². The molecule has 4 amide bonds. The predicted octanol–water partition coefficient (Wildman–Crippen LogP) is 11.8. The summed E-state index contributed by atoms with van der Waals surface area (Å²) < 4.78 is 0. The fourth-order valence-corrected chi connectivity index (χ4v) is 16.5. The maximum absolute atomic E-state index is 13.2. The van der Waals surface area contributed by atoms with Gasteiger partial charge in [-0.1, -0.05) is 6.58 Å². The zero-order chi connectivity index (χ0) is 73.9. The average Bonchev–Trinajstić information content (AvgIpc) is 1.63. The van der Waals surface area contributed by atoms with Crippen molar-refractivity contribution < 1.29 is 24.3 Å². The molecule has 4 N–H and O–H groups in total. The van der Waals surface area contributed by atoms with Gasteiger partial charge in [-0.15, -0.1) is 34.0 Å². The summed E-state index contributed by atoms with van der Waals surface area (Å²) >= 11 is 4.52. The highest BCUT2D eigenvalue weighted by Crippen LogP contribution is 2.46. The Hall–Kier alpha value is -10.5. The first-order valence-corrected chi connectivity index (χ1v) is 38.1. The summed E-state index contributed by atoms with van der Waals surface area (Å²) in [6, 6.07) is 22.8. The van der Waals surface area contributed by atoms with E-state index in [9.17, 15) is 24.3 Å². The lowest BCUT2D eigenvalue weighted by Gasteiger charge is -2.36. The molecule has 6 aliphatic rings. The molecule has 15 rings (SSSR count). The van der Waals surface area contributed by atoms with Gasteiger partial charge in [-0.3, -0.25) is 19.2 Å². The zero-order valence-electron chi connectivity index (χ0n) is 61.2. The molecule has 0 saturated carbocycles. The second kappa shape index (κ2) is 31.5. The van der Waals surface area contributed by atoms with E-state index in [0.717, 1.165) is 129 Å². The van der Waals surface area contributed by atoms with Crippen LogP contribution >= 0.6 is 34.0 Å². The third-order valence-corrected chi connectivity index (χ3v) is 22.3. The number of nitrogens with zero attached hydrogens (tertiary/aromatic N) is 20. The van der Waals surface area contributed by atoms with E-state index in [0.29, 0.717) is 115 Å². The van der Waals surface area contributed by atoms with Gasteiger partial charge in [-0.25, -0.2) is 29.9 Å². The van der Waals surface area contributed by atoms with E-state index >= 15 is 0 Å². The number of hydrogen-bond donors (Lipinski definition) is 4. The first kappa shape index (κ1) is 72.9. The van der Waals surface area contributed by atoms with E-state index in [1.165, 1.54) is 45.8 Å². The van der Waals surface area contributed by atoms with Crippen LogP contribution in [0.4, 0.5) is 101 Å². The normalized spacial score (nSPS) is 16.0. The molecule has 0 bridgehead atoms. The Morgan fingerprint density at radius 2 is 0.867 bits per heavy atom. The van der Waals surface area contributed by atoms with Gasteiger partial charge in [0.25, 0.3) is 17.7 Å². The van der Waals surface area contributed by atoms with E-state index in [1.807, 2.05) is 88.3 Å². The minimum absolute atomic E-state index is 0.0185. The van der Waals surface area contributed by atoms with Crippen LogP contribution in [0, 0.1) is 27.7 Å². The van der Waals surface area contributed by atoms with Gasteiger partial charge in [0.1, 0.15) is 32.1 Å². The number of piperidine rings is 1. The van der Waals surface area contributed by atoms with Crippen molar-refractivity contribution in [2.45, 2.75) is 81.3 Å². The Morgan fingerprint density at radius 3 is 1.30 bits per heavy atom. The minimum Gasteiger partial charge on any atom is -0.393 e. The van der Waals surface area contributed by atoms with Gasteiger partial charge in [0, 0.05) is 139 Å². The molecule has 9 aromatic rings. The second-order valence-electron chi connectivity index (χ2n) is 26.1. The Morgan fingerprint density at radius 1 is 0.486 bits per heavy atom. The first-order valence-electron chi connectivity index (χ1n) is 35.7. The predicted molar refractivity (Wildman–Crippen MR) is 422 cm³/mol. The van der Waals surface area contributed by atoms with Crippen LogP contribution in [0.3, 0.4) is 0 Å². The molecular formula is C74H89N23O5S3. The molecule has 0 atom stereocenters. The van der Waals surface area contributed by atoms with Crippen molar-refractivity contribution >= 4 is 159 Å². The summed E-state index contributed by atoms with van der Waals surface area (Å²) in [5.41, 5.74) is 10.7. The maximum Gasteiger partial charge on any atom is 0.280 e. The number of aliphatic hydroxyl groups is 1. The lowest BCUT2D eigenvalue weighted by Crippen LogP contribution is -2.48. The molecule has 0 spiro atoms. The average molecular weight is 1480 g/mol. The number of carbonyl (C=O) groups is 4. The Kier molecular flexibility index (Phi) is 21.8. The molecule has 12 heterocycles. The third kappa shape index (κ3) is 15.1. The highest BCUT2D eigenvalue weighted by atomic mass is 32.1. The number of anilines is 18. The van der Waals surface area contributed by atoms with Crippen LogP contribution in [0.1, 0.15) is 99.5 Å². The highest BCUT2D eigenvalue weighted by Gasteiger charge is 2.38. The van der Waals surface area contributed by atoms with Crippen molar-refractivity contribution in [2.75, 3.05) is 172 Å². The molecule has 3 aromatic carbocycles. The summed E-state index contributed by atoms with van der Waals surface area (Å²) in [5.74, 6) is 3.09. The van der Waals surface area contributed by atoms with Crippen molar-refractivity contribution in [3.05, 3.63) is 136 Å². The van der Waals surface area contributed by atoms with Gasteiger partial charge >= 0.3 is 0 Å². The maximum atomic E-state index is 13.2. The number of nitrogens with one attached hydrogen (secondary N) is 3. The Balaban J connectivity index is 0.000000140. The van der Waals surface area contributed by atoms with Crippen LogP contribution in [-0.4, -0.2) is 202 Å². The first-order chi connectivity index (χ1) is 50.8. The standard InChI is InChI=1S/C26H30N8O2S.C24H30N8OS.C24H29N7O2S/c1-6-21(35)33-12-10-32(11-13-33)18-8-9-19(16(3)14-18)29-26-27-15-20-23(30-26)34(7-2)25-22(24(36)31(20)5)28-17(4)37-25;1-5-31-19-15-25-24(27-17-7-9-18(10-8-17)30-13-11-29(4)12-14-30)28-21(19)32(6-2)23-20(22(31)33)26-16(3)34-23;1-4-30-19-14-25-24(27-16-6-8-17(9-7-16)29-12-10-18(32)11-13-29)28-21(19)31(5-2)23-20(22(30)33)26-15(3)34-23/h6,8-9,14-15H,1,7,10-13H2,2-5H3,(H,27,29,30);7-10,15H,5-6,11-14H2,1-4H3,(H,25,27,28);6-9,14,18,32H,4-5,10-13H2,1-3H3,(H,25,27,28). The van der Waals surface area contributed by atoms with Crippen molar-refractivity contribution in [2.24, 2.45) is 0 Å². The van der Waals surface area contributed by atoms with E-state index in [-0.39, 0.29) is 29.7 Å². The van der Waals surface area contributed by atoms with Crippen LogP contribution < -0.4 is 60.0 Å². The van der Waals surface area contributed by atoms with E-state index < -0.39 is 0 Å². The number of amides is 4. The number of thiazole rings is 3. The molecule has 6 aromatic heterocycles. The lowest BCUT2D eigenvalue weighted by atomic mass is 10.1. The number of aryl methyl sites for hydroxylation is 4. The molecule has 0 aliphatic carbocycles. The molecule has 6 aliphatic heterocycles. The number of carbonyl (C=O) groups excluding carboxylic acids is 4. The van der Waals surface area contributed by atoms with Crippen molar-refractivity contribution in [1.82, 2.24) is 54.7 Å². The largest absolute Gasteiger partial charge is 0.393 e. The quantitative estimate of drug-likeness (QED) is 0.0694. The number of rotatable bonds is 15. The van der Waals surface area contributed by atoms with Crippen molar-refractivity contribution in [3.63, 3.8) is 0 Å². The Labute approximate surface area is 623 Å². The zero-order valence-corrected chi connectivity index (χ0v) is 63.7. The van der Waals surface area contributed by atoms with Crippen molar-refractivity contribution in [3.8, 4) is 0 Å². The molecule has 3 fully saturated rings. The molecular weight excluding hydrogens is 1390 g/mol. The van der Waals surface area contributed by atoms with Crippen molar-refractivity contribution in [1.29, 1.82) is 0 Å². The minimum atomic E-state index is -0.186. The molecule has 28 nitrogen and oxygen atoms in total. The number of benzene rings is 3. The van der Waals surface area contributed by atoms with Gasteiger partial charge in [0.2, 0.25) is 23.8 Å². The number of aliphatic hydroxyl groups excluding tert-OH is 1.